The number of aromatic nitrogens is 1. The average molecular weight is 355 g/mol. The van der Waals surface area contributed by atoms with Crippen LogP contribution in [0, 0.1) is 12.3 Å². The van der Waals surface area contributed by atoms with Crippen LogP contribution in [0.1, 0.15) is 36.4 Å². The first-order valence-corrected chi connectivity index (χ1v) is 10.4. The molecule has 6 nitrogen and oxygen atoms in total. The molecule has 23 heavy (non-hydrogen) atoms. The molecule has 2 aliphatic heterocycles. The SMILES string of the molecule is Cc1nc(CN2C[C@]3(CCN(S(=O)(=O)C4CC4)C3)CC2=O)cs1. The van der Waals surface area contributed by atoms with E-state index in [4.69, 9.17) is 0 Å². The van der Waals surface area contributed by atoms with Gasteiger partial charge >= 0.3 is 0 Å². The van der Waals surface area contributed by atoms with E-state index in [1.54, 1.807) is 15.6 Å². The lowest BCUT2D eigenvalue weighted by molar-refractivity contribution is -0.128. The van der Waals surface area contributed by atoms with E-state index in [9.17, 15) is 13.2 Å². The molecule has 3 aliphatic rings. The van der Waals surface area contributed by atoms with Crippen molar-refractivity contribution >= 4 is 27.3 Å². The Labute approximate surface area is 140 Å². The predicted molar refractivity (Wildman–Crippen MR) is 87.4 cm³/mol. The Morgan fingerprint density at radius 1 is 1.39 bits per heavy atom. The van der Waals surface area contributed by atoms with Crippen LogP contribution in [-0.2, 0) is 21.4 Å². The molecule has 8 heteroatoms. The van der Waals surface area contributed by atoms with Gasteiger partial charge in [0.2, 0.25) is 15.9 Å². The van der Waals surface area contributed by atoms with Crippen LogP contribution in [0.2, 0.25) is 0 Å². The molecule has 0 bridgehead atoms. The molecule has 3 fully saturated rings. The molecule has 1 atom stereocenters. The van der Waals surface area contributed by atoms with E-state index in [1.165, 1.54) is 0 Å². The topological polar surface area (TPSA) is 70.6 Å². The maximum Gasteiger partial charge on any atom is 0.223 e. The molecule has 0 N–H and O–H groups in total. The van der Waals surface area contributed by atoms with Crippen LogP contribution in [0.15, 0.2) is 5.38 Å². The highest BCUT2D eigenvalue weighted by Crippen LogP contribution is 2.43. The van der Waals surface area contributed by atoms with E-state index in [2.05, 4.69) is 4.98 Å². The quantitative estimate of drug-likeness (QED) is 0.818. The summed E-state index contributed by atoms with van der Waals surface area (Å²) in [5.74, 6) is 0.126. The highest BCUT2D eigenvalue weighted by Gasteiger charge is 2.52. The molecule has 2 saturated heterocycles. The number of rotatable bonds is 4. The summed E-state index contributed by atoms with van der Waals surface area (Å²) in [6.07, 6.45) is 2.84. The molecule has 0 radical (unpaired) electrons. The van der Waals surface area contributed by atoms with Gasteiger partial charge in [0, 0.05) is 36.9 Å². The van der Waals surface area contributed by atoms with Crippen LogP contribution in [0.4, 0.5) is 0 Å². The van der Waals surface area contributed by atoms with Gasteiger partial charge in [-0.2, -0.15) is 0 Å². The van der Waals surface area contributed by atoms with Crippen LogP contribution < -0.4 is 0 Å². The van der Waals surface area contributed by atoms with Crippen molar-refractivity contribution in [2.24, 2.45) is 5.41 Å². The fourth-order valence-electron chi connectivity index (χ4n) is 3.76. The van der Waals surface area contributed by atoms with Crippen molar-refractivity contribution in [3.8, 4) is 0 Å². The molecule has 1 spiro atoms. The third-order valence-corrected chi connectivity index (χ3v) is 8.30. The van der Waals surface area contributed by atoms with Crippen LogP contribution in [0.3, 0.4) is 0 Å². The zero-order valence-electron chi connectivity index (χ0n) is 13.2. The third kappa shape index (κ3) is 2.81. The Morgan fingerprint density at radius 2 is 2.17 bits per heavy atom. The van der Waals surface area contributed by atoms with Gasteiger partial charge in [-0.3, -0.25) is 4.79 Å². The standard InChI is InChI=1S/C15H21N3O3S2/c1-11-16-12(8-22-11)7-17-9-15(6-14(17)19)4-5-18(10-15)23(20,21)13-2-3-13/h8,13H,2-7,9-10H2,1H3/t15-/m0/s1. The molecule has 1 saturated carbocycles. The second kappa shape index (κ2) is 5.26. The minimum atomic E-state index is -3.13. The van der Waals surface area contributed by atoms with E-state index in [0.717, 1.165) is 30.0 Å². The monoisotopic (exact) mass is 355 g/mol. The first-order chi connectivity index (χ1) is 10.9. The molecular weight excluding hydrogens is 334 g/mol. The Balaban J connectivity index is 1.45. The van der Waals surface area contributed by atoms with Crippen molar-refractivity contribution in [1.82, 2.24) is 14.2 Å². The maximum absolute atomic E-state index is 12.4. The number of nitrogens with zero attached hydrogens (tertiary/aromatic N) is 3. The number of thiazole rings is 1. The molecule has 1 amide bonds. The van der Waals surface area contributed by atoms with Gasteiger partial charge in [0.1, 0.15) is 0 Å². The molecule has 0 aromatic carbocycles. The Bertz CT molecular complexity index is 741. The average Bonchev–Trinajstić information content (AvgIpc) is 3.07. The summed E-state index contributed by atoms with van der Waals surface area (Å²) in [5.41, 5.74) is 0.739. The van der Waals surface area contributed by atoms with Gasteiger partial charge in [-0.1, -0.05) is 0 Å². The number of sulfonamides is 1. The lowest BCUT2D eigenvalue weighted by Crippen LogP contribution is -2.35. The molecule has 126 valence electrons. The number of hydrogen-bond donors (Lipinski definition) is 0. The smallest absolute Gasteiger partial charge is 0.223 e. The van der Waals surface area contributed by atoms with E-state index in [0.29, 0.717) is 32.6 Å². The maximum atomic E-state index is 12.4. The summed E-state index contributed by atoms with van der Waals surface area (Å²) in [6.45, 7) is 4.22. The molecular formula is C15H21N3O3S2. The van der Waals surface area contributed by atoms with Crippen LogP contribution >= 0.6 is 11.3 Å². The molecule has 0 unspecified atom stereocenters. The van der Waals surface area contributed by atoms with Crippen LogP contribution in [0.25, 0.3) is 0 Å². The number of carbonyl (C=O) groups is 1. The van der Waals surface area contributed by atoms with Crippen molar-refractivity contribution in [1.29, 1.82) is 0 Å². The van der Waals surface area contributed by atoms with Gasteiger partial charge in [-0.05, 0) is 26.2 Å². The molecule has 1 aromatic heterocycles. The van der Waals surface area contributed by atoms with Crippen LogP contribution in [0.5, 0.6) is 0 Å². The van der Waals surface area contributed by atoms with Gasteiger partial charge in [-0.15, -0.1) is 11.3 Å². The van der Waals surface area contributed by atoms with Crippen molar-refractivity contribution in [3.05, 3.63) is 16.1 Å². The van der Waals surface area contributed by atoms with Gasteiger partial charge in [0.05, 0.1) is 22.5 Å². The molecule has 1 aromatic rings. The summed E-state index contributed by atoms with van der Waals surface area (Å²) in [5, 5.41) is 2.83. The Hall–Kier alpha value is -0.990. The first kappa shape index (κ1) is 15.5. The second-order valence-corrected chi connectivity index (χ2v) is 10.4. The van der Waals surface area contributed by atoms with Gasteiger partial charge in [0.15, 0.2) is 0 Å². The lowest BCUT2D eigenvalue weighted by Gasteiger charge is -2.23. The minimum absolute atomic E-state index is 0.126. The summed E-state index contributed by atoms with van der Waals surface area (Å²) < 4.78 is 26.5. The highest BCUT2D eigenvalue weighted by atomic mass is 32.2. The van der Waals surface area contributed by atoms with E-state index >= 15 is 0 Å². The van der Waals surface area contributed by atoms with E-state index < -0.39 is 10.0 Å². The van der Waals surface area contributed by atoms with Gasteiger partial charge < -0.3 is 4.90 Å². The normalized spacial score (nSPS) is 29.1. The summed E-state index contributed by atoms with van der Waals surface area (Å²) >= 11 is 1.59. The first-order valence-electron chi connectivity index (χ1n) is 8.06. The second-order valence-electron chi connectivity index (χ2n) is 7.11. The fourth-order valence-corrected chi connectivity index (χ4v) is 6.32. The van der Waals surface area contributed by atoms with Crippen molar-refractivity contribution in [3.63, 3.8) is 0 Å². The summed E-state index contributed by atoms with van der Waals surface area (Å²) in [6, 6.07) is 0. The highest BCUT2D eigenvalue weighted by molar-refractivity contribution is 7.90. The summed E-state index contributed by atoms with van der Waals surface area (Å²) in [7, 11) is -3.13. The Kier molecular flexibility index (Phi) is 3.55. The minimum Gasteiger partial charge on any atom is -0.336 e. The summed E-state index contributed by atoms with van der Waals surface area (Å²) in [4.78, 5) is 18.7. The number of likely N-dealkylation sites (tertiary alicyclic amines) is 1. The zero-order valence-corrected chi connectivity index (χ0v) is 14.8. The molecule has 1 aliphatic carbocycles. The van der Waals surface area contributed by atoms with Gasteiger partial charge in [0.25, 0.3) is 0 Å². The zero-order chi connectivity index (χ0) is 16.2. The molecule has 3 heterocycles. The van der Waals surface area contributed by atoms with Crippen molar-refractivity contribution in [2.75, 3.05) is 19.6 Å². The number of carbonyl (C=O) groups excluding carboxylic acids is 1. The third-order valence-electron chi connectivity index (χ3n) is 5.13. The fraction of sp³-hybridized carbons (Fsp3) is 0.733. The number of aryl methyl sites for hydroxylation is 1. The lowest BCUT2D eigenvalue weighted by atomic mass is 9.86. The van der Waals surface area contributed by atoms with Crippen molar-refractivity contribution < 1.29 is 13.2 Å². The molecule has 4 rings (SSSR count). The number of hydrogen-bond acceptors (Lipinski definition) is 5. The largest absolute Gasteiger partial charge is 0.336 e. The Morgan fingerprint density at radius 3 is 2.83 bits per heavy atom. The van der Waals surface area contributed by atoms with E-state index in [1.807, 2.05) is 17.2 Å². The van der Waals surface area contributed by atoms with E-state index in [-0.39, 0.29) is 16.6 Å². The number of amides is 1. The van der Waals surface area contributed by atoms with Crippen molar-refractivity contribution in [2.45, 2.75) is 44.4 Å². The van der Waals surface area contributed by atoms with Crippen LogP contribution in [-0.4, -0.2) is 53.4 Å². The van der Waals surface area contributed by atoms with Gasteiger partial charge in [-0.25, -0.2) is 17.7 Å². The predicted octanol–water partition coefficient (Wildman–Crippen LogP) is 1.37.